The summed E-state index contributed by atoms with van der Waals surface area (Å²) >= 11 is 6.37. The number of hydrogen-bond donors (Lipinski definition) is 2. The number of hydrogen-bond acceptors (Lipinski definition) is 5. The third-order valence-electron chi connectivity index (χ3n) is 5.75. The Morgan fingerprint density at radius 1 is 1.21 bits per heavy atom. The quantitative estimate of drug-likeness (QED) is 0.446. The summed E-state index contributed by atoms with van der Waals surface area (Å²) in [7, 11) is 1.84. The number of pyridine rings is 1. The van der Waals surface area contributed by atoms with E-state index in [4.69, 9.17) is 16.3 Å². The van der Waals surface area contributed by atoms with E-state index in [1.807, 2.05) is 61.1 Å². The Kier molecular flexibility index (Phi) is 5.51. The number of rotatable bonds is 6. The van der Waals surface area contributed by atoms with E-state index in [0.717, 1.165) is 28.1 Å². The maximum absolute atomic E-state index is 13.1. The van der Waals surface area contributed by atoms with E-state index in [2.05, 4.69) is 20.7 Å². The molecule has 1 amide bonds. The molecule has 4 aromatic rings. The number of benzene rings is 1. The van der Waals surface area contributed by atoms with Gasteiger partial charge in [-0.1, -0.05) is 17.7 Å². The Morgan fingerprint density at radius 3 is 2.79 bits per heavy atom. The summed E-state index contributed by atoms with van der Waals surface area (Å²) in [4.78, 5) is 17.2. The van der Waals surface area contributed by atoms with Crippen molar-refractivity contribution in [2.45, 2.75) is 20.1 Å². The molecule has 0 spiro atoms. The maximum Gasteiger partial charge on any atom is 0.270 e. The van der Waals surface area contributed by atoms with Crippen molar-refractivity contribution in [3.05, 3.63) is 77.0 Å². The van der Waals surface area contributed by atoms with Crippen LogP contribution >= 0.6 is 11.6 Å². The summed E-state index contributed by atoms with van der Waals surface area (Å²) in [5, 5.41) is 11.4. The molecule has 0 fully saturated rings. The van der Waals surface area contributed by atoms with Crippen molar-refractivity contribution in [1.29, 1.82) is 0 Å². The van der Waals surface area contributed by atoms with E-state index in [-0.39, 0.29) is 12.5 Å². The van der Waals surface area contributed by atoms with Gasteiger partial charge in [0.05, 0.1) is 11.4 Å². The number of aryl methyl sites for hydroxylation is 1. The second-order valence-corrected chi connectivity index (χ2v) is 8.25. The van der Waals surface area contributed by atoms with Gasteiger partial charge in [-0.25, -0.2) is 0 Å². The Balaban J connectivity index is 1.68. The molecule has 2 N–H and O–H groups in total. The molecule has 1 aliphatic heterocycles. The van der Waals surface area contributed by atoms with Crippen molar-refractivity contribution in [3.8, 4) is 17.0 Å². The van der Waals surface area contributed by atoms with Crippen molar-refractivity contribution in [1.82, 2.24) is 24.6 Å². The van der Waals surface area contributed by atoms with Crippen molar-refractivity contribution in [3.63, 3.8) is 0 Å². The van der Waals surface area contributed by atoms with Crippen molar-refractivity contribution < 1.29 is 9.53 Å². The van der Waals surface area contributed by atoms with Gasteiger partial charge in [0.1, 0.15) is 12.3 Å². The van der Waals surface area contributed by atoms with Crippen LogP contribution in [0.25, 0.3) is 11.1 Å². The Hall–Kier alpha value is -3.78. The lowest BCUT2D eigenvalue weighted by atomic mass is 10.0. The van der Waals surface area contributed by atoms with Crippen LogP contribution in [0.15, 0.2) is 55.0 Å². The number of aromatic nitrogens is 4. The zero-order valence-electron chi connectivity index (χ0n) is 18.3. The normalized spacial score (nSPS) is 12.9. The minimum atomic E-state index is -0.136. The zero-order valence-corrected chi connectivity index (χ0v) is 19.1. The summed E-state index contributed by atoms with van der Waals surface area (Å²) in [6, 6.07) is 11.4. The van der Waals surface area contributed by atoms with Gasteiger partial charge in [0.2, 0.25) is 5.88 Å². The van der Waals surface area contributed by atoms with Gasteiger partial charge in [-0.2, -0.15) is 0 Å². The third-order valence-corrected chi connectivity index (χ3v) is 6.16. The second kappa shape index (κ2) is 8.63. The van der Waals surface area contributed by atoms with Crippen LogP contribution in [0, 0.1) is 6.92 Å². The fourth-order valence-electron chi connectivity index (χ4n) is 4.11. The number of amides is 1. The molecule has 0 aliphatic carbocycles. The topological polar surface area (TPSA) is 86.0 Å². The van der Waals surface area contributed by atoms with Crippen LogP contribution < -0.4 is 15.4 Å². The largest absolute Gasteiger partial charge is 0.470 e. The lowest BCUT2D eigenvalue weighted by Crippen LogP contribution is -2.36. The van der Waals surface area contributed by atoms with E-state index >= 15 is 0 Å². The van der Waals surface area contributed by atoms with Gasteiger partial charge in [0, 0.05) is 61.1 Å². The van der Waals surface area contributed by atoms with Crippen LogP contribution in [0.2, 0.25) is 5.02 Å². The number of nitrogens with zero attached hydrogens (tertiary/aromatic N) is 4. The van der Waals surface area contributed by atoms with Crippen LogP contribution in [0.3, 0.4) is 0 Å². The molecule has 4 heterocycles. The molecule has 1 aliphatic rings. The highest BCUT2D eigenvalue weighted by Crippen LogP contribution is 2.41. The Morgan fingerprint density at radius 2 is 2.03 bits per heavy atom. The minimum Gasteiger partial charge on any atom is -0.470 e. The lowest BCUT2D eigenvalue weighted by molar-refractivity contribution is 0.0927. The van der Waals surface area contributed by atoms with Gasteiger partial charge in [-0.15, -0.1) is 5.10 Å². The van der Waals surface area contributed by atoms with Crippen molar-refractivity contribution >= 4 is 28.9 Å². The summed E-state index contributed by atoms with van der Waals surface area (Å²) in [6.07, 6.45) is 5.31. The summed E-state index contributed by atoms with van der Waals surface area (Å²) in [5.74, 6) is 0.386. The standard InChI is InChI=1S/C24H23ClN6O2/c1-15-17(25)4-3-5-18(15)28-22-21(16-6-9-26-10-7-16)19(14-33-20-8-12-30(2)29-20)31-13-11-27-24(32)23(22)31/h3-10,12,28H,11,13-14H2,1-2H3,(H,27,32). The highest BCUT2D eigenvalue weighted by Gasteiger charge is 2.31. The maximum atomic E-state index is 13.1. The Bertz CT molecular complexity index is 1330. The van der Waals surface area contributed by atoms with Gasteiger partial charge in [-0.05, 0) is 42.3 Å². The number of carbonyl (C=O) groups excluding carboxylic acids is 1. The van der Waals surface area contributed by atoms with Crippen LogP contribution in [-0.4, -0.2) is 31.8 Å². The molecule has 5 rings (SSSR count). The average molecular weight is 463 g/mol. The number of anilines is 2. The van der Waals surface area contributed by atoms with Crippen LogP contribution in [-0.2, 0) is 20.2 Å². The fourth-order valence-corrected chi connectivity index (χ4v) is 4.28. The van der Waals surface area contributed by atoms with E-state index in [1.54, 1.807) is 17.1 Å². The predicted octanol–water partition coefficient (Wildman–Crippen LogP) is 4.31. The van der Waals surface area contributed by atoms with Gasteiger partial charge in [-0.3, -0.25) is 14.5 Å². The van der Waals surface area contributed by atoms with Gasteiger partial charge in [0.15, 0.2) is 0 Å². The molecule has 0 unspecified atom stereocenters. The molecule has 1 aromatic carbocycles. The summed E-state index contributed by atoms with van der Waals surface area (Å²) < 4.78 is 9.75. The molecule has 0 radical (unpaired) electrons. The SMILES string of the molecule is Cc1c(Cl)cccc1Nc1c(-c2ccncc2)c(COc2ccn(C)n2)n2c1C(=O)NCC2. The highest BCUT2D eigenvalue weighted by atomic mass is 35.5. The zero-order chi connectivity index (χ0) is 22.9. The number of nitrogens with one attached hydrogen (secondary N) is 2. The molecule has 3 aromatic heterocycles. The first-order valence-electron chi connectivity index (χ1n) is 10.6. The molecular formula is C24H23ClN6O2. The van der Waals surface area contributed by atoms with Crippen molar-refractivity contribution in [2.24, 2.45) is 7.05 Å². The van der Waals surface area contributed by atoms with Gasteiger partial charge < -0.3 is 19.9 Å². The first-order valence-corrected chi connectivity index (χ1v) is 11.0. The molecule has 0 atom stereocenters. The average Bonchev–Trinajstić information content (AvgIpc) is 3.37. The fraction of sp³-hybridized carbons (Fsp3) is 0.208. The molecule has 0 saturated heterocycles. The summed E-state index contributed by atoms with van der Waals surface area (Å²) in [5.41, 5.74) is 5.72. The Labute approximate surface area is 196 Å². The minimum absolute atomic E-state index is 0.136. The second-order valence-electron chi connectivity index (χ2n) is 7.84. The van der Waals surface area contributed by atoms with E-state index < -0.39 is 0 Å². The van der Waals surface area contributed by atoms with Gasteiger partial charge >= 0.3 is 0 Å². The first-order chi connectivity index (χ1) is 16.0. The third kappa shape index (κ3) is 3.93. The summed E-state index contributed by atoms with van der Waals surface area (Å²) in [6.45, 7) is 3.38. The van der Waals surface area contributed by atoms with Crippen molar-refractivity contribution in [2.75, 3.05) is 11.9 Å². The lowest BCUT2D eigenvalue weighted by Gasteiger charge is -2.19. The number of fused-ring (bicyclic) bond motifs is 1. The monoisotopic (exact) mass is 462 g/mol. The first kappa shape index (κ1) is 21.1. The molecule has 0 saturated carbocycles. The van der Waals surface area contributed by atoms with Crippen LogP contribution in [0.5, 0.6) is 5.88 Å². The molecule has 8 nitrogen and oxygen atoms in total. The smallest absolute Gasteiger partial charge is 0.270 e. The van der Waals surface area contributed by atoms with E-state index in [1.165, 1.54) is 0 Å². The molecule has 9 heteroatoms. The van der Waals surface area contributed by atoms with Gasteiger partial charge in [0.25, 0.3) is 5.91 Å². The van der Waals surface area contributed by atoms with Crippen LogP contribution in [0.1, 0.15) is 21.7 Å². The number of ether oxygens (including phenoxy) is 1. The molecule has 168 valence electrons. The van der Waals surface area contributed by atoms with E-state index in [9.17, 15) is 4.79 Å². The molecular weight excluding hydrogens is 440 g/mol. The highest BCUT2D eigenvalue weighted by molar-refractivity contribution is 6.31. The molecule has 0 bridgehead atoms. The predicted molar refractivity (Wildman–Crippen MR) is 127 cm³/mol. The number of carbonyl (C=O) groups is 1. The number of halogens is 1. The van der Waals surface area contributed by atoms with E-state index in [0.29, 0.717) is 35.4 Å². The molecule has 33 heavy (non-hydrogen) atoms. The van der Waals surface area contributed by atoms with Crippen LogP contribution in [0.4, 0.5) is 11.4 Å².